The Kier molecular flexibility index (Phi) is 4.31. The summed E-state index contributed by atoms with van der Waals surface area (Å²) in [5.74, 6) is 2.01. The van der Waals surface area contributed by atoms with Crippen LogP contribution in [0, 0.1) is 0 Å². The number of quaternary nitrogens is 1. The summed E-state index contributed by atoms with van der Waals surface area (Å²) in [6.45, 7) is 0.889. The fraction of sp³-hybridized carbons (Fsp3) is 0.238. The van der Waals surface area contributed by atoms with Gasteiger partial charge in [-0.25, -0.2) is 0 Å². The smallest absolute Gasteiger partial charge is 0.203 e. The zero-order valence-corrected chi connectivity index (χ0v) is 15.2. The maximum absolute atomic E-state index is 5.74. The minimum atomic E-state index is 0.0900. The molecule has 0 radical (unpaired) electrons. The van der Waals surface area contributed by atoms with Crippen LogP contribution in [0.2, 0.25) is 0 Å². The van der Waals surface area contributed by atoms with Gasteiger partial charge in [-0.3, -0.25) is 0 Å². The molecule has 5 nitrogen and oxygen atoms in total. The number of methoxy groups -OCH3 is 3. The standard InChI is InChI=1S/C21H22N2O3/c1-24-18-11-10-15(20(25-2)21(18)26-3)19-17-9-6-12-23(17)16-8-5-4-7-14(16)13-22-19/h4-12,19,22H,13H2,1-3H3/p+1. The van der Waals surface area contributed by atoms with Gasteiger partial charge >= 0.3 is 0 Å². The van der Waals surface area contributed by atoms with Crippen molar-refractivity contribution in [3.8, 4) is 22.9 Å². The number of hydrogen-bond acceptors (Lipinski definition) is 3. The topological polar surface area (TPSA) is 49.2 Å². The number of nitrogens with two attached hydrogens (primary N) is 1. The van der Waals surface area contributed by atoms with Gasteiger partial charge in [0, 0.05) is 11.8 Å². The molecule has 1 atom stereocenters. The van der Waals surface area contributed by atoms with E-state index in [1.54, 1.807) is 21.3 Å². The highest BCUT2D eigenvalue weighted by Gasteiger charge is 2.30. The molecule has 2 aromatic carbocycles. The summed E-state index contributed by atoms with van der Waals surface area (Å²) in [5, 5.41) is 2.33. The van der Waals surface area contributed by atoms with E-state index in [2.05, 4.69) is 58.5 Å². The summed E-state index contributed by atoms with van der Waals surface area (Å²) in [6.07, 6.45) is 2.12. The van der Waals surface area contributed by atoms with Gasteiger partial charge in [0.2, 0.25) is 5.75 Å². The first-order valence-electron chi connectivity index (χ1n) is 8.66. The summed E-state index contributed by atoms with van der Waals surface area (Å²) in [4.78, 5) is 0. The Morgan fingerprint density at radius 1 is 0.885 bits per heavy atom. The van der Waals surface area contributed by atoms with Crippen LogP contribution in [0.15, 0.2) is 54.7 Å². The lowest BCUT2D eigenvalue weighted by Crippen LogP contribution is -2.83. The lowest BCUT2D eigenvalue weighted by atomic mass is 10.0. The highest BCUT2D eigenvalue weighted by atomic mass is 16.5. The van der Waals surface area contributed by atoms with Crippen molar-refractivity contribution in [1.82, 2.24) is 4.57 Å². The molecule has 0 fully saturated rings. The first-order valence-corrected chi connectivity index (χ1v) is 8.66. The molecular formula is C21H23N2O3+. The van der Waals surface area contributed by atoms with Crippen LogP contribution < -0.4 is 19.5 Å². The SMILES string of the molecule is COc1ccc(C2[NH2+]Cc3ccccc3-n3cccc32)c(OC)c1OC. The minimum Gasteiger partial charge on any atom is -0.493 e. The Hall–Kier alpha value is -2.92. The van der Waals surface area contributed by atoms with Gasteiger partial charge in [-0.1, -0.05) is 18.2 Å². The molecule has 0 amide bonds. The molecule has 0 spiro atoms. The molecule has 0 saturated carbocycles. The number of ether oxygens (including phenoxy) is 3. The van der Waals surface area contributed by atoms with Gasteiger partial charge in [0.05, 0.1) is 38.3 Å². The number of para-hydroxylation sites is 1. The fourth-order valence-electron chi connectivity index (χ4n) is 3.81. The van der Waals surface area contributed by atoms with E-state index < -0.39 is 0 Å². The third kappa shape index (κ3) is 2.52. The van der Waals surface area contributed by atoms with Crippen LogP contribution in [0.4, 0.5) is 0 Å². The van der Waals surface area contributed by atoms with E-state index >= 15 is 0 Å². The Labute approximate surface area is 153 Å². The van der Waals surface area contributed by atoms with Crippen molar-refractivity contribution in [1.29, 1.82) is 0 Å². The van der Waals surface area contributed by atoms with E-state index in [1.165, 1.54) is 16.9 Å². The second-order valence-electron chi connectivity index (χ2n) is 6.27. The average molecular weight is 351 g/mol. The molecule has 26 heavy (non-hydrogen) atoms. The molecule has 2 N–H and O–H groups in total. The molecule has 5 heteroatoms. The van der Waals surface area contributed by atoms with Crippen molar-refractivity contribution in [3.05, 3.63) is 71.5 Å². The van der Waals surface area contributed by atoms with Crippen molar-refractivity contribution in [2.75, 3.05) is 21.3 Å². The Morgan fingerprint density at radius 2 is 1.69 bits per heavy atom. The second kappa shape index (κ2) is 6.77. The van der Waals surface area contributed by atoms with Gasteiger partial charge in [0.25, 0.3) is 0 Å². The monoisotopic (exact) mass is 351 g/mol. The van der Waals surface area contributed by atoms with E-state index in [0.717, 1.165) is 12.1 Å². The van der Waals surface area contributed by atoms with Crippen LogP contribution in [-0.4, -0.2) is 25.9 Å². The second-order valence-corrected chi connectivity index (χ2v) is 6.27. The number of rotatable bonds is 4. The molecule has 1 unspecified atom stereocenters. The Bertz CT molecular complexity index is 933. The molecule has 0 bridgehead atoms. The molecule has 1 aromatic heterocycles. The van der Waals surface area contributed by atoms with Gasteiger partial charge in [0.1, 0.15) is 6.54 Å². The molecule has 0 saturated heterocycles. The van der Waals surface area contributed by atoms with Crippen molar-refractivity contribution in [2.24, 2.45) is 0 Å². The summed E-state index contributed by atoms with van der Waals surface area (Å²) in [6, 6.07) is 16.9. The molecule has 3 aromatic rings. The molecular weight excluding hydrogens is 328 g/mol. The molecule has 1 aliphatic rings. The predicted octanol–water partition coefficient (Wildman–Crippen LogP) is 2.67. The van der Waals surface area contributed by atoms with Gasteiger partial charge in [-0.15, -0.1) is 0 Å². The van der Waals surface area contributed by atoms with E-state index in [4.69, 9.17) is 14.2 Å². The zero-order valence-electron chi connectivity index (χ0n) is 15.2. The number of fused-ring (bicyclic) bond motifs is 3. The maximum Gasteiger partial charge on any atom is 0.203 e. The first kappa shape index (κ1) is 16.5. The molecule has 2 heterocycles. The van der Waals surface area contributed by atoms with Crippen molar-refractivity contribution in [3.63, 3.8) is 0 Å². The van der Waals surface area contributed by atoms with Gasteiger partial charge in [-0.2, -0.15) is 0 Å². The van der Waals surface area contributed by atoms with Gasteiger partial charge < -0.3 is 24.1 Å². The summed E-state index contributed by atoms with van der Waals surface area (Å²) < 4.78 is 19.0. The summed E-state index contributed by atoms with van der Waals surface area (Å²) in [7, 11) is 4.95. The van der Waals surface area contributed by atoms with Crippen molar-refractivity contribution in [2.45, 2.75) is 12.6 Å². The van der Waals surface area contributed by atoms with E-state index in [0.29, 0.717) is 17.2 Å². The third-order valence-corrected chi connectivity index (χ3v) is 4.99. The van der Waals surface area contributed by atoms with Gasteiger partial charge in [0.15, 0.2) is 17.5 Å². The van der Waals surface area contributed by atoms with Crippen LogP contribution in [0.5, 0.6) is 17.2 Å². The highest BCUT2D eigenvalue weighted by molar-refractivity contribution is 5.58. The lowest BCUT2D eigenvalue weighted by molar-refractivity contribution is -0.702. The molecule has 0 aliphatic carbocycles. The predicted molar refractivity (Wildman–Crippen MR) is 99.3 cm³/mol. The molecule has 134 valence electrons. The minimum absolute atomic E-state index is 0.0900. The van der Waals surface area contributed by atoms with Gasteiger partial charge in [-0.05, 0) is 30.3 Å². The van der Waals surface area contributed by atoms with E-state index in [9.17, 15) is 0 Å². The number of hydrogen-bond donors (Lipinski definition) is 1. The Balaban J connectivity index is 1.88. The molecule has 4 rings (SSSR count). The summed E-state index contributed by atoms with van der Waals surface area (Å²) >= 11 is 0. The summed E-state index contributed by atoms with van der Waals surface area (Å²) in [5.41, 5.74) is 4.82. The van der Waals surface area contributed by atoms with E-state index in [1.807, 2.05) is 6.07 Å². The zero-order chi connectivity index (χ0) is 18.1. The van der Waals surface area contributed by atoms with Crippen LogP contribution in [0.1, 0.15) is 22.9 Å². The number of benzene rings is 2. The number of aromatic nitrogens is 1. The van der Waals surface area contributed by atoms with E-state index in [-0.39, 0.29) is 6.04 Å². The quantitative estimate of drug-likeness (QED) is 0.786. The van der Waals surface area contributed by atoms with Crippen molar-refractivity contribution < 1.29 is 19.5 Å². The van der Waals surface area contributed by atoms with Crippen LogP contribution in [0.25, 0.3) is 5.69 Å². The Morgan fingerprint density at radius 3 is 2.46 bits per heavy atom. The fourth-order valence-corrected chi connectivity index (χ4v) is 3.81. The third-order valence-electron chi connectivity index (χ3n) is 4.99. The van der Waals surface area contributed by atoms with Crippen LogP contribution in [0.3, 0.4) is 0 Å². The normalized spacial score (nSPS) is 15.6. The highest BCUT2D eigenvalue weighted by Crippen LogP contribution is 2.43. The largest absolute Gasteiger partial charge is 0.493 e. The first-order chi connectivity index (χ1) is 12.8. The molecule has 1 aliphatic heterocycles. The van der Waals surface area contributed by atoms with Crippen molar-refractivity contribution >= 4 is 0 Å². The van der Waals surface area contributed by atoms with Crippen LogP contribution in [-0.2, 0) is 6.54 Å². The lowest BCUT2D eigenvalue weighted by Gasteiger charge is -2.20. The van der Waals surface area contributed by atoms with Crippen LogP contribution >= 0.6 is 0 Å². The maximum atomic E-state index is 5.74. The average Bonchev–Trinajstić information content (AvgIpc) is 3.11. The number of nitrogens with zero attached hydrogens (tertiary/aromatic N) is 1.